The highest BCUT2D eigenvalue weighted by Gasteiger charge is 2.34. The molecule has 0 aromatic heterocycles. The van der Waals surface area contributed by atoms with Crippen LogP contribution in [0.4, 0.5) is 0 Å². The van der Waals surface area contributed by atoms with Crippen molar-refractivity contribution in [2.75, 3.05) is 33.5 Å². The number of rotatable bonds is 14. The first-order valence-corrected chi connectivity index (χ1v) is 15.9. The zero-order valence-corrected chi connectivity index (χ0v) is 25.1. The summed E-state index contributed by atoms with van der Waals surface area (Å²) < 4.78 is 16.1. The molecule has 2 N–H and O–H groups in total. The fourth-order valence-corrected chi connectivity index (χ4v) is 7.65. The molecule has 0 radical (unpaired) electrons. The van der Waals surface area contributed by atoms with Gasteiger partial charge in [0.15, 0.2) is 6.29 Å². The van der Waals surface area contributed by atoms with Gasteiger partial charge in [-0.25, -0.2) is 4.79 Å². The lowest BCUT2D eigenvalue weighted by molar-refractivity contribution is -0.141. The van der Waals surface area contributed by atoms with E-state index in [0.717, 1.165) is 29.2 Å². The molecule has 6 heteroatoms. The number of carbonyl (C=O) groups is 1. The monoisotopic (exact) mass is 568 g/mol. The van der Waals surface area contributed by atoms with E-state index in [9.17, 15) is 15.0 Å². The molecule has 3 aliphatic rings. The molecule has 2 unspecified atom stereocenters. The normalized spacial score (nSPS) is 26.8. The molecule has 0 spiro atoms. The zero-order chi connectivity index (χ0) is 29.2. The van der Waals surface area contributed by atoms with Gasteiger partial charge in [0.05, 0.1) is 25.4 Å². The Bertz CT molecular complexity index is 965. The van der Waals surface area contributed by atoms with Crippen molar-refractivity contribution in [3.63, 3.8) is 0 Å². The molecular weight excluding hydrogens is 516 g/mol. The molecule has 1 aromatic rings. The number of benzene rings is 1. The summed E-state index contributed by atoms with van der Waals surface area (Å²) in [5.74, 6) is 3.56. The van der Waals surface area contributed by atoms with Crippen LogP contribution < -0.4 is 0 Å². The smallest absolute Gasteiger partial charge is 0.335 e. The summed E-state index contributed by atoms with van der Waals surface area (Å²) in [6, 6.07) is 8.58. The maximum absolute atomic E-state index is 12.1. The van der Waals surface area contributed by atoms with Crippen molar-refractivity contribution >= 4 is 5.97 Å². The Balaban J connectivity index is 1.29. The van der Waals surface area contributed by atoms with Crippen LogP contribution in [0.2, 0.25) is 0 Å². The third-order valence-corrected chi connectivity index (χ3v) is 10.2. The standard InChI is InChI=1S/C35H52O6/c1-24(20-36)34(37)40-22-33(23-41-35(38)25(2)21-39-3)32-18-16-31(17-19-32)30-14-12-29(13-15-30)28-10-8-27(9-11-28)26-6-4-5-7-26/h16-19,26-30,33,35-36,38H,1-2,4-15,20-23H2,3H3. The van der Waals surface area contributed by atoms with Gasteiger partial charge >= 0.3 is 5.97 Å². The Labute approximate surface area is 247 Å². The Hall–Kier alpha value is -1.99. The third kappa shape index (κ3) is 9.00. The van der Waals surface area contributed by atoms with E-state index < -0.39 is 18.9 Å². The van der Waals surface area contributed by atoms with Crippen LogP contribution in [0.3, 0.4) is 0 Å². The first kappa shape index (κ1) is 31.9. The van der Waals surface area contributed by atoms with Crippen LogP contribution in [-0.4, -0.2) is 56.0 Å². The summed E-state index contributed by atoms with van der Waals surface area (Å²) >= 11 is 0. The molecule has 1 aromatic carbocycles. The Morgan fingerprint density at radius 1 is 0.854 bits per heavy atom. The molecule has 3 fully saturated rings. The van der Waals surface area contributed by atoms with Gasteiger partial charge in [-0.15, -0.1) is 0 Å². The van der Waals surface area contributed by atoms with E-state index in [1.165, 1.54) is 89.7 Å². The topological polar surface area (TPSA) is 85.2 Å². The van der Waals surface area contributed by atoms with Crippen molar-refractivity contribution in [1.82, 2.24) is 0 Å². The number of methoxy groups -OCH3 is 1. The fraction of sp³-hybridized carbons (Fsp3) is 0.686. The fourth-order valence-electron chi connectivity index (χ4n) is 7.65. The van der Waals surface area contributed by atoms with Crippen LogP contribution in [0.25, 0.3) is 0 Å². The summed E-state index contributed by atoms with van der Waals surface area (Å²) in [5, 5.41) is 19.5. The maximum atomic E-state index is 12.1. The maximum Gasteiger partial charge on any atom is 0.335 e. The molecule has 6 nitrogen and oxygen atoms in total. The molecule has 2 atom stereocenters. The first-order chi connectivity index (χ1) is 19.9. The minimum Gasteiger partial charge on any atom is -0.462 e. The second-order valence-corrected chi connectivity index (χ2v) is 12.8. The lowest BCUT2D eigenvalue weighted by Gasteiger charge is -2.39. The molecule has 0 aliphatic heterocycles. The van der Waals surface area contributed by atoms with Crippen LogP contribution in [0, 0.1) is 23.7 Å². The van der Waals surface area contributed by atoms with E-state index in [2.05, 4.69) is 37.4 Å². The van der Waals surface area contributed by atoms with E-state index in [-0.39, 0.29) is 31.3 Å². The Kier molecular flexibility index (Phi) is 12.5. The molecule has 4 rings (SSSR count). The minimum atomic E-state index is -1.17. The van der Waals surface area contributed by atoms with Crippen LogP contribution in [-0.2, 0) is 19.0 Å². The van der Waals surface area contributed by atoms with Crippen LogP contribution >= 0.6 is 0 Å². The van der Waals surface area contributed by atoms with Gasteiger partial charge in [-0.1, -0.05) is 63.1 Å². The van der Waals surface area contributed by atoms with Crippen molar-refractivity contribution in [3.05, 3.63) is 59.7 Å². The third-order valence-electron chi connectivity index (χ3n) is 10.2. The summed E-state index contributed by atoms with van der Waals surface area (Å²) in [6.07, 6.45) is 15.8. The predicted molar refractivity (Wildman–Crippen MR) is 161 cm³/mol. The van der Waals surface area contributed by atoms with Crippen LogP contribution in [0.15, 0.2) is 48.6 Å². The Morgan fingerprint density at radius 3 is 1.93 bits per heavy atom. The van der Waals surface area contributed by atoms with E-state index in [0.29, 0.717) is 11.5 Å². The highest BCUT2D eigenvalue weighted by molar-refractivity contribution is 5.87. The first-order valence-electron chi connectivity index (χ1n) is 15.9. The van der Waals surface area contributed by atoms with Crippen LogP contribution in [0.1, 0.15) is 100 Å². The molecule has 41 heavy (non-hydrogen) atoms. The van der Waals surface area contributed by atoms with Gasteiger partial charge in [-0.2, -0.15) is 0 Å². The lowest BCUT2D eigenvalue weighted by Crippen LogP contribution is -2.27. The SMILES string of the molecule is C=C(CO)C(=O)OCC(COC(O)C(=C)COC)c1ccc(C2CCC(C3CCC(C4CCCC4)CC3)CC2)cc1. The van der Waals surface area contributed by atoms with E-state index in [1.807, 2.05) is 0 Å². The lowest BCUT2D eigenvalue weighted by atomic mass is 9.66. The van der Waals surface area contributed by atoms with E-state index >= 15 is 0 Å². The van der Waals surface area contributed by atoms with Crippen molar-refractivity contribution in [2.24, 2.45) is 23.7 Å². The summed E-state index contributed by atoms with van der Waals surface area (Å²) in [4.78, 5) is 12.1. The largest absolute Gasteiger partial charge is 0.462 e. The van der Waals surface area contributed by atoms with Crippen molar-refractivity contribution in [3.8, 4) is 0 Å². The van der Waals surface area contributed by atoms with Gasteiger partial charge in [0, 0.05) is 18.6 Å². The molecule has 0 amide bonds. The molecular formula is C35H52O6. The number of hydrogen-bond donors (Lipinski definition) is 2. The summed E-state index contributed by atoms with van der Waals surface area (Å²) in [5.41, 5.74) is 2.76. The highest BCUT2D eigenvalue weighted by Crippen LogP contribution is 2.47. The number of aliphatic hydroxyl groups is 2. The molecule has 3 aliphatic carbocycles. The number of esters is 1. The van der Waals surface area contributed by atoms with E-state index in [4.69, 9.17) is 14.2 Å². The van der Waals surface area contributed by atoms with Gasteiger partial charge in [0.25, 0.3) is 0 Å². The Morgan fingerprint density at radius 2 is 1.39 bits per heavy atom. The summed E-state index contributed by atoms with van der Waals surface area (Å²) in [7, 11) is 1.53. The van der Waals surface area contributed by atoms with Gasteiger partial charge < -0.3 is 24.4 Å². The zero-order valence-electron chi connectivity index (χ0n) is 25.1. The number of ether oxygens (including phenoxy) is 3. The van der Waals surface area contributed by atoms with Gasteiger partial charge in [0.1, 0.15) is 6.61 Å². The highest BCUT2D eigenvalue weighted by atomic mass is 16.6. The van der Waals surface area contributed by atoms with Gasteiger partial charge in [-0.3, -0.25) is 0 Å². The number of hydrogen-bond acceptors (Lipinski definition) is 6. The molecule has 0 bridgehead atoms. The number of aliphatic hydroxyl groups excluding tert-OH is 2. The van der Waals surface area contributed by atoms with Crippen molar-refractivity contribution < 1.29 is 29.2 Å². The van der Waals surface area contributed by atoms with Gasteiger partial charge in [-0.05, 0) is 92.1 Å². The second kappa shape index (κ2) is 16.0. The molecule has 228 valence electrons. The minimum absolute atomic E-state index is 0.00554. The average molecular weight is 569 g/mol. The number of carbonyl (C=O) groups excluding carboxylic acids is 1. The molecule has 0 saturated heterocycles. The quantitative estimate of drug-likeness (QED) is 0.113. The van der Waals surface area contributed by atoms with E-state index in [1.54, 1.807) is 0 Å². The van der Waals surface area contributed by atoms with Crippen molar-refractivity contribution in [2.45, 2.75) is 95.2 Å². The van der Waals surface area contributed by atoms with Crippen molar-refractivity contribution in [1.29, 1.82) is 0 Å². The second-order valence-electron chi connectivity index (χ2n) is 12.8. The van der Waals surface area contributed by atoms with Gasteiger partial charge in [0.2, 0.25) is 0 Å². The molecule has 3 saturated carbocycles. The molecule has 0 heterocycles. The summed E-state index contributed by atoms with van der Waals surface area (Å²) in [6.45, 7) is 7.26. The predicted octanol–water partition coefficient (Wildman–Crippen LogP) is 6.67. The average Bonchev–Trinajstić information content (AvgIpc) is 3.56. The van der Waals surface area contributed by atoms with Crippen LogP contribution in [0.5, 0.6) is 0 Å².